The fourth-order valence-electron chi connectivity index (χ4n) is 4.42. The quantitative estimate of drug-likeness (QED) is 0.634. The number of methoxy groups -OCH3 is 1. The van der Waals surface area contributed by atoms with Gasteiger partial charge in [0.2, 0.25) is 0 Å². The zero-order valence-corrected chi connectivity index (χ0v) is 17.1. The Bertz CT molecular complexity index is 1300. The lowest BCUT2D eigenvalue weighted by atomic mass is 9.96. The van der Waals surface area contributed by atoms with Crippen molar-refractivity contribution in [3.63, 3.8) is 0 Å². The molecule has 0 saturated heterocycles. The average molecular weight is 390 g/mol. The van der Waals surface area contributed by atoms with Gasteiger partial charge in [-0.1, -0.05) is 25.1 Å². The van der Waals surface area contributed by atoms with Gasteiger partial charge >= 0.3 is 11.7 Å². The van der Waals surface area contributed by atoms with E-state index in [9.17, 15) is 14.4 Å². The number of ether oxygens (including phenoxy) is 1. The molecule has 2 aromatic heterocycles. The third kappa shape index (κ3) is 2.45. The molecule has 0 spiro atoms. The Hall–Kier alpha value is -3.41. The number of hydrogen-bond donors (Lipinski definition) is 0. The Morgan fingerprint density at radius 2 is 1.79 bits per heavy atom. The number of rotatable bonds is 3. The molecule has 0 unspecified atom stereocenters. The summed E-state index contributed by atoms with van der Waals surface area (Å²) < 4.78 is 7.75. The van der Waals surface area contributed by atoms with Crippen molar-refractivity contribution in [3.8, 4) is 11.1 Å². The van der Waals surface area contributed by atoms with Crippen LogP contribution in [0.1, 0.15) is 52.4 Å². The van der Waals surface area contributed by atoms with Crippen LogP contribution in [-0.2, 0) is 4.74 Å². The van der Waals surface area contributed by atoms with E-state index in [2.05, 4.69) is 0 Å². The normalized spacial score (nSPS) is 13.3. The highest BCUT2D eigenvalue weighted by Crippen LogP contribution is 2.36. The van der Waals surface area contributed by atoms with Crippen molar-refractivity contribution < 1.29 is 14.3 Å². The lowest BCUT2D eigenvalue weighted by molar-refractivity contribution is 0.0601. The van der Waals surface area contributed by atoms with Crippen LogP contribution < -0.4 is 5.69 Å². The molecule has 3 heterocycles. The molecule has 1 aliphatic rings. The van der Waals surface area contributed by atoms with Gasteiger partial charge in [-0.05, 0) is 56.0 Å². The molecule has 3 aromatic rings. The molecule has 29 heavy (non-hydrogen) atoms. The molecule has 0 radical (unpaired) electrons. The highest BCUT2D eigenvalue weighted by molar-refractivity contribution is 6.08. The number of carbonyl (C=O) groups excluding carboxylic acids is 2. The number of benzene rings is 1. The number of fused-ring (bicyclic) bond motifs is 2. The van der Waals surface area contributed by atoms with E-state index in [0.717, 1.165) is 22.2 Å². The standard InChI is InChI=1S/C23H22N2O4/c1-6-15-12(2)21(26)25-19(15)11-18-13(3)20(14(4)24(18)23(25)28)16-9-7-8-10-17(16)22(27)29-5/h7-11H,6H2,1-5H3. The lowest BCUT2D eigenvalue weighted by Crippen LogP contribution is -2.31. The van der Waals surface area contributed by atoms with Crippen molar-refractivity contribution in [1.82, 2.24) is 8.97 Å². The minimum absolute atomic E-state index is 0.272. The Balaban J connectivity index is 2.10. The molecule has 1 aromatic carbocycles. The molecule has 0 atom stereocenters. The zero-order chi connectivity index (χ0) is 21.0. The van der Waals surface area contributed by atoms with Crippen LogP contribution in [0.2, 0.25) is 0 Å². The van der Waals surface area contributed by atoms with Gasteiger partial charge in [0.15, 0.2) is 0 Å². The first kappa shape index (κ1) is 18.9. The maximum absolute atomic E-state index is 13.3. The number of esters is 1. The third-order valence-electron chi connectivity index (χ3n) is 5.84. The molecule has 0 N–H and O–H groups in total. The fraction of sp³-hybridized carbons (Fsp3) is 0.261. The van der Waals surface area contributed by atoms with Gasteiger partial charge < -0.3 is 4.74 Å². The summed E-state index contributed by atoms with van der Waals surface area (Å²) >= 11 is 0. The van der Waals surface area contributed by atoms with Crippen molar-refractivity contribution in [2.45, 2.75) is 34.1 Å². The van der Waals surface area contributed by atoms with E-state index >= 15 is 0 Å². The number of hydrogen-bond acceptors (Lipinski definition) is 4. The fourth-order valence-corrected chi connectivity index (χ4v) is 4.42. The van der Waals surface area contributed by atoms with Gasteiger partial charge in [0.05, 0.1) is 23.9 Å². The highest BCUT2D eigenvalue weighted by atomic mass is 16.5. The molecular weight excluding hydrogens is 368 g/mol. The summed E-state index contributed by atoms with van der Waals surface area (Å²) in [5, 5.41) is 0. The van der Waals surface area contributed by atoms with Gasteiger partial charge in [0, 0.05) is 16.8 Å². The van der Waals surface area contributed by atoms with Gasteiger partial charge in [-0.2, -0.15) is 0 Å². The second kappa shape index (κ2) is 6.58. The molecule has 0 aliphatic carbocycles. The number of aryl methyl sites for hydroxylation is 2. The molecule has 6 nitrogen and oxygen atoms in total. The predicted molar refractivity (Wildman–Crippen MR) is 111 cm³/mol. The molecule has 4 rings (SSSR count). The van der Waals surface area contributed by atoms with Crippen molar-refractivity contribution in [2.75, 3.05) is 7.11 Å². The molecule has 0 fully saturated rings. The van der Waals surface area contributed by atoms with E-state index in [1.165, 1.54) is 11.7 Å². The van der Waals surface area contributed by atoms with Gasteiger partial charge in [-0.3, -0.25) is 9.20 Å². The summed E-state index contributed by atoms with van der Waals surface area (Å²) in [6.07, 6.45) is 0.671. The smallest absolute Gasteiger partial charge is 0.340 e. The van der Waals surface area contributed by atoms with Crippen LogP contribution in [0.25, 0.3) is 22.2 Å². The van der Waals surface area contributed by atoms with E-state index in [1.54, 1.807) is 23.5 Å². The third-order valence-corrected chi connectivity index (χ3v) is 5.84. The van der Waals surface area contributed by atoms with E-state index in [1.807, 2.05) is 39.0 Å². The van der Waals surface area contributed by atoms with Crippen LogP contribution in [0.5, 0.6) is 0 Å². The molecule has 0 saturated carbocycles. The minimum atomic E-state index is -0.434. The topological polar surface area (TPSA) is 69.8 Å². The van der Waals surface area contributed by atoms with Crippen LogP contribution in [0.3, 0.4) is 0 Å². The summed E-state index contributed by atoms with van der Waals surface area (Å²) in [5.41, 5.74) is 6.03. The average Bonchev–Trinajstić information content (AvgIpc) is 3.12. The summed E-state index contributed by atoms with van der Waals surface area (Å²) in [6.45, 7) is 7.50. The first-order valence-corrected chi connectivity index (χ1v) is 9.53. The summed E-state index contributed by atoms with van der Waals surface area (Å²) in [6, 6.07) is 9.08. The van der Waals surface area contributed by atoms with Crippen molar-refractivity contribution in [3.05, 3.63) is 68.9 Å². The zero-order valence-electron chi connectivity index (χ0n) is 17.1. The molecule has 0 amide bonds. The van der Waals surface area contributed by atoms with E-state index in [-0.39, 0.29) is 11.6 Å². The number of allylic oxidation sites excluding steroid dienone is 2. The molecule has 148 valence electrons. The van der Waals surface area contributed by atoms with Crippen molar-refractivity contribution in [2.24, 2.45) is 0 Å². The summed E-state index contributed by atoms with van der Waals surface area (Å²) in [7, 11) is 1.35. The molecule has 6 heteroatoms. The molecule has 0 bridgehead atoms. The van der Waals surface area contributed by atoms with Crippen LogP contribution >= 0.6 is 0 Å². The Labute approximate surface area is 168 Å². The second-order valence-electron chi connectivity index (χ2n) is 7.25. The maximum atomic E-state index is 13.3. The summed E-state index contributed by atoms with van der Waals surface area (Å²) in [5.74, 6) is -0.707. The van der Waals surface area contributed by atoms with E-state index in [4.69, 9.17) is 4.74 Å². The van der Waals surface area contributed by atoms with Crippen molar-refractivity contribution >= 4 is 23.0 Å². The van der Waals surface area contributed by atoms with Gasteiger partial charge in [0.1, 0.15) is 0 Å². The highest BCUT2D eigenvalue weighted by Gasteiger charge is 2.30. The molecule has 1 aliphatic heterocycles. The van der Waals surface area contributed by atoms with Crippen LogP contribution in [-0.4, -0.2) is 28.0 Å². The van der Waals surface area contributed by atoms with E-state index < -0.39 is 5.97 Å². The Morgan fingerprint density at radius 1 is 1.10 bits per heavy atom. The largest absolute Gasteiger partial charge is 0.465 e. The Kier molecular flexibility index (Phi) is 4.30. The monoisotopic (exact) mass is 390 g/mol. The Morgan fingerprint density at radius 3 is 2.45 bits per heavy atom. The SMILES string of the molecule is CCC1=C(C)C(=O)n2c1cc1c(C)c(-c3ccccc3C(=O)OC)c(C)n1c2=O. The van der Waals surface area contributed by atoms with Crippen molar-refractivity contribution in [1.29, 1.82) is 0 Å². The van der Waals surface area contributed by atoms with E-state index in [0.29, 0.717) is 34.5 Å². The predicted octanol–water partition coefficient (Wildman–Crippen LogP) is 4.01. The number of carbonyl (C=O) groups is 2. The summed E-state index contributed by atoms with van der Waals surface area (Å²) in [4.78, 5) is 38.3. The lowest BCUT2D eigenvalue weighted by Gasteiger charge is -2.09. The van der Waals surface area contributed by atoms with Gasteiger partial charge in [0.25, 0.3) is 5.91 Å². The van der Waals surface area contributed by atoms with Crippen LogP contribution in [0, 0.1) is 13.8 Å². The number of nitrogens with zero attached hydrogens (tertiary/aromatic N) is 2. The minimum Gasteiger partial charge on any atom is -0.465 e. The molecular formula is C23H22N2O4. The van der Waals surface area contributed by atoms with Gasteiger partial charge in [-0.15, -0.1) is 0 Å². The maximum Gasteiger partial charge on any atom is 0.340 e. The second-order valence-corrected chi connectivity index (χ2v) is 7.25. The van der Waals surface area contributed by atoms with Crippen LogP contribution in [0.15, 0.2) is 40.7 Å². The first-order valence-electron chi connectivity index (χ1n) is 9.53. The van der Waals surface area contributed by atoms with Crippen LogP contribution in [0.4, 0.5) is 0 Å². The van der Waals surface area contributed by atoms with Gasteiger partial charge in [-0.25, -0.2) is 14.2 Å². The number of aromatic nitrogens is 2. The first-order chi connectivity index (χ1) is 13.8.